The number of piperidine rings is 1. The highest BCUT2D eigenvalue weighted by molar-refractivity contribution is 5.73. The summed E-state index contributed by atoms with van der Waals surface area (Å²) in [5.41, 5.74) is 0.835. The molecule has 5 nitrogen and oxygen atoms in total. The third kappa shape index (κ3) is 1.75. The average molecular weight is 244 g/mol. The largest absolute Gasteiger partial charge is 0.333 e. The average Bonchev–Trinajstić information content (AvgIpc) is 2.82. The van der Waals surface area contributed by atoms with Crippen LogP contribution in [0.1, 0.15) is 38.1 Å². The lowest BCUT2D eigenvalue weighted by Crippen LogP contribution is -2.37. The van der Waals surface area contributed by atoms with Crippen molar-refractivity contribution >= 4 is 11.6 Å². The van der Waals surface area contributed by atoms with Gasteiger partial charge >= 0.3 is 0 Å². The van der Waals surface area contributed by atoms with Crippen molar-refractivity contribution in [2.75, 3.05) is 6.54 Å². The van der Waals surface area contributed by atoms with E-state index in [1.165, 1.54) is 0 Å². The Labute approximate surface area is 105 Å². The fourth-order valence-corrected chi connectivity index (χ4v) is 2.66. The third-order valence-corrected chi connectivity index (χ3v) is 3.55. The Hall–Kier alpha value is -1.91. The topological polar surface area (TPSA) is 50.5 Å². The minimum absolute atomic E-state index is 0.0636. The first kappa shape index (κ1) is 11.2. The van der Waals surface area contributed by atoms with Crippen LogP contribution in [0.25, 0.3) is 5.65 Å². The number of pyridine rings is 1. The Morgan fingerprint density at radius 2 is 2.22 bits per heavy atom. The first-order valence-electron chi connectivity index (χ1n) is 6.34. The van der Waals surface area contributed by atoms with Crippen molar-refractivity contribution in [2.24, 2.45) is 0 Å². The summed E-state index contributed by atoms with van der Waals surface area (Å²) in [6.45, 7) is 2.45. The van der Waals surface area contributed by atoms with Crippen LogP contribution >= 0.6 is 0 Å². The van der Waals surface area contributed by atoms with Crippen LogP contribution in [0.4, 0.5) is 0 Å². The van der Waals surface area contributed by atoms with Gasteiger partial charge in [-0.05, 0) is 31.4 Å². The maximum Gasteiger partial charge on any atom is 0.220 e. The zero-order valence-electron chi connectivity index (χ0n) is 10.4. The zero-order valence-corrected chi connectivity index (χ0v) is 10.4. The fourth-order valence-electron chi connectivity index (χ4n) is 2.66. The van der Waals surface area contributed by atoms with Gasteiger partial charge in [-0.15, -0.1) is 10.2 Å². The number of rotatable bonds is 1. The second kappa shape index (κ2) is 4.40. The zero-order chi connectivity index (χ0) is 12.5. The van der Waals surface area contributed by atoms with E-state index in [1.807, 2.05) is 33.7 Å². The fraction of sp³-hybridized carbons (Fsp3) is 0.462. The van der Waals surface area contributed by atoms with Crippen LogP contribution in [0.2, 0.25) is 0 Å². The first-order valence-corrected chi connectivity index (χ1v) is 6.34. The van der Waals surface area contributed by atoms with Crippen LogP contribution in [0.5, 0.6) is 0 Å². The van der Waals surface area contributed by atoms with Gasteiger partial charge in [-0.2, -0.15) is 0 Å². The van der Waals surface area contributed by atoms with Gasteiger partial charge in [0.25, 0.3) is 0 Å². The van der Waals surface area contributed by atoms with Gasteiger partial charge in [-0.1, -0.05) is 6.07 Å². The molecule has 1 fully saturated rings. The summed E-state index contributed by atoms with van der Waals surface area (Å²) in [6.07, 6.45) is 5.13. The normalized spacial score (nSPS) is 20.3. The van der Waals surface area contributed by atoms with Crippen LogP contribution in [0.15, 0.2) is 24.4 Å². The van der Waals surface area contributed by atoms with Crippen molar-refractivity contribution in [3.05, 3.63) is 30.2 Å². The Bertz CT molecular complexity index is 577. The Kier molecular flexibility index (Phi) is 2.74. The van der Waals surface area contributed by atoms with Gasteiger partial charge in [0.15, 0.2) is 11.5 Å². The molecule has 0 spiro atoms. The molecule has 3 heterocycles. The number of amides is 1. The van der Waals surface area contributed by atoms with Crippen molar-refractivity contribution in [3.8, 4) is 0 Å². The van der Waals surface area contributed by atoms with Gasteiger partial charge < -0.3 is 4.90 Å². The highest BCUT2D eigenvalue weighted by atomic mass is 16.2. The lowest BCUT2D eigenvalue weighted by Gasteiger charge is -2.33. The van der Waals surface area contributed by atoms with Gasteiger partial charge in [0.2, 0.25) is 5.91 Å². The molecule has 0 N–H and O–H groups in total. The minimum atomic E-state index is 0.0636. The number of fused-ring (bicyclic) bond motifs is 1. The van der Waals surface area contributed by atoms with Gasteiger partial charge in [-0.25, -0.2) is 0 Å². The molecule has 1 aliphatic rings. The van der Waals surface area contributed by atoms with Crippen molar-refractivity contribution in [2.45, 2.75) is 32.2 Å². The molecule has 0 saturated carbocycles. The molecule has 1 atom stereocenters. The molecule has 18 heavy (non-hydrogen) atoms. The van der Waals surface area contributed by atoms with Gasteiger partial charge in [0, 0.05) is 19.7 Å². The van der Waals surface area contributed by atoms with Crippen LogP contribution < -0.4 is 0 Å². The van der Waals surface area contributed by atoms with Crippen molar-refractivity contribution in [1.82, 2.24) is 19.5 Å². The van der Waals surface area contributed by atoms with Gasteiger partial charge in [0.1, 0.15) is 0 Å². The van der Waals surface area contributed by atoms with Crippen molar-refractivity contribution in [1.29, 1.82) is 0 Å². The number of nitrogens with zero attached hydrogens (tertiary/aromatic N) is 4. The lowest BCUT2D eigenvalue weighted by molar-refractivity contribution is -0.132. The maximum atomic E-state index is 11.7. The molecule has 2 aromatic rings. The summed E-state index contributed by atoms with van der Waals surface area (Å²) in [5, 5.41) is 8.43. The molecule has 0 radical (unpaired) electrons. The number of aromatic nitrogens is 3. The molecule has 5 heteroatoms. The summed E-state index contributed by atoms with van der Waals surface area (Å²) in [7, 11) is 0. The van der Waals surface area contributed by atoms with E-state index < -0.39 is 0 Å². The molecular weight excluding hydrogens is 228 g/mol. The molecule has 1 saturated heterocycles. The van der Waals surface area contributed by atoms with E-state index in [1.54, 1.807) is 6.92 Å². The number of carbonyl (C=O) groups is 1. The second-order valence-electron chi connectivity index (χ2n) is 4.71. The predicted molar refractivity (Wildman–Crippen MR) is 67.0 cm³/mol. The summed E-state index contributed by atoms with van der Waals surface area (Å²) in [6, 6.07) is 5.89. The van der Waals surface area contributed by atoms with E-state index in [9.17, 15) is 4.79 Å². The Balaban J connectivity index is 2.04. The molecule has 1 unspecified atom stereocenters. The lowest BCUT2D eigenvalue weighted by atomic mass is 10.0. The SMILES string of the molecule is CC(=O)N1CCCCC1c1nnc2ccccn12. The summed E-state index contributed by atoms with van der Waals surface area (Å²) in [4.78, 5) is 13.6. The van der Waals surface area contributed by atoms with E-state index in [-0.39, 0.29) is 11.9 Å². The smallest absolute Gasteiger partial charge is 0.220 e. The molecule has 0 bridgehead atoms. The van der Waals surface area contributed by atoms with Crippen LogP contribution in [0.3, 0.4) is 0 Å². The highest BCUT2D eigenvalue weighted by Gasteiger charge is 2.29. The van der Waals surface area contributed by atoms with Gasteiger partial charge in [0.05, 0.1) is 6.04 Å². The minimum Gasteiger partial charge on any atom is -0.333 e. The Morgan fingerprint density at radius 1 is 1.33 bits per heavy atom. The number of hydrogen-bond donors (Lipinski definition) is 0. The van der Waals surface area contributed by atoms with Crippen molar-refractivity contribution in [3.63, 3.8) is 0 Å². The van der Waals surface area contributed by atoms with E-state index in [0.29, 0.717) is 0 Å². The first-order chi connectivity index (χ1) is 8.77. The van der Waals surface area contributed by atoms with E-state index in [4.69, 9.17) is 0 Å². The highest BCUT2D eigenvalue weighted by Crippen LogP contribution is 2.29. The molecule has 1 amide bonds. The van der Waals surface area contributed by atoms with Crippen LogP contribution in [0, 0.1) is 0 Å². The summed E-state index contributed by atoms with van der Waals surface area (Å²) in [5.74, 6) is 0.993. The number of carbonyl (C=O) groups excluding carboxylic acids is 1. The van der Waals surface area contributed by atoms with Crippen LogP contribution in [-0.4, -0.2) is 31.9 Å². The molecular formula is C13H16N4O. The quantitative estimate of drug-likeness (QED) is 0.768. The summed E-state index contributed by atoms with van der Waals surface area (Å²) < 4.78 is 1.98. The number of hydrogen-bond acceptors (Lipinski definition) is 3. The standard InChI is InChI=1S/C13H16N4O/c1-10(18)16-8-4-2-6-11(16)13-15-14-12-7-3-5-9-17(12)13/h3,5,7,9,11H,2,4,6,8H2,1H3. The predicted octanol–water partition coefficient (Wildman–Crippen LogP) is 1.80. The van der Waals surface area contributed by atoms with Crippen LogP contribution in [-0.2, 0) is 4.79 Å². The molecule has 2 aromatic heterocycles. The third-order valence-electron chi connectivity index (χ3n) is 3.55. The molecule has 0 aromatic carbocycles. The molecule has 1 aliphatic heterocycles. The van der Waals surface area contributed by atoms with E-state index in [0.717, 1.165) is 37.3 Å². The van der Waals surface area contributed by atoms with E-state index >= 15 is 0 Å². The van der Waals surface area contributed by atoms with Crippen molar-refractivity contribution < 1.29 is 4.79 Å². The molecule has 0 aliphatic carbocycles. The monoisotopic (exact) mass is 244 g/mol. The number of likely N-dealkylation sites (tertiary alicyclic amines) is 1. The molecule has 3 rings (SSSR count). The molecule has 94 valence electrons. The van der Waals surface area contributed by atoms with E-state index in [2.05, 4.69) is 10.2 Å². The summed E-state index contributed by atoms with van der Waals surface area (Å²) >= 11 is 0. The Morgan fingerprint density at radius 3 is 3.06 bits per heavy atom. The maximum absolute atomic E-state index is 11.7. The van der Waals surface area contributed by atoms with Gasteiger partial charge in [-0.3, -0.25) is 9.20 Å². The second-order valence-corrected chi connectivity index (χ2v) is 4.71.